The minimum atomic E-state index is -5.20. The van der Waals surface area contributed by atoms with Gasteiger partial charge in [0.2, 0.25) is 9.84 Å². The Morgan fingerprint density at radius 1 is 1.42 bits per heavy atom. The lowest BCUT2D eigenvalue weighted by Crippen LogP contribution is -2.35. The topological polar surface area (TPSA) is 47.0 Å². The van der Waals surface area contributed by atoms with Crippen molar-refractivity contribution in [2.75, 3.05) is 0 Å². The summed E-state index contributed by atoms with van der Waals surface area (Å²) in [5.41, 5.74) is -3.05. The lowest BCUT2D eigenvalue weighted by atomic mass is 10.3. The van der Waals surface area contributed by atoms with Gasteiger partial charge in [0.05, 0.1) is 20.1 Å². The van der Waals surface area contributed by atoms with E-state index in [-0.39, 0.29) is 5.52 Å². The predicted molar refractivity (Wildman–Crippen MR) is 67.2 cm³/mol. The zero-order chi connectivity index (χ0) is 14.4. The monoisotopic (exact) mass is 329 g/mol. The van der Waals surface area contributed by atoms with Gasteiger partial charge in [0, 0.05) is 0 Å². The fourth-order valence-electron chi connectivity index (χ4n) is 1.46. The number of alkyl halides is 4. The molecule has 0 saturated carbocycles. The van der Waals surface area contributed by atoms with Gasteiger partial charge in [-0.05, 0) is 25.1 Å². The Labute approximate surface area is 115 Å². The van der Waals surface area contributed by atoms with Crippen molar-refractivity contribution in [3.05, 3.63) is 23.2 Å². The lowest BCUT2D eigenvalue weighted by Gasteiger charge is -2.16. The minimum Gasteiger partial charge on any atom is -0.241 e. The number of aryl methyl sites for hydroxylation is 1. The summed E-state index contributed by atoms with van der Waals surface area (Å²) in [5.74, 6) is 0. The molecule has 1 unspecified atom stereocenters. The molecule has 3 nitrogen and oxygen atoms in total. The maximum absolute atomic E-state index is 13.3. The van der Waals surface area contributed by atoms with Gasteiger partial charge in [-0.2, -0.15) is 8.78 Å². The summed E-state index contributed by atoms with van der Waals surface area (Å²) in [6.45, 7) is 1.70. The van der Waals surface area contributed by atoms with Crippen molar-refractivity contribution in [3.8, 4) is 0 Å². The Bertz CT molecular complexity index is 727. The van der Waals surface area contributed by atoms with Gasteiger partial charge in [-0.15, -0.1) is 11.3 Å². The molecule has 0 aliphatic heterocycles. The highest BCUT2D eigenvalue weighted by Gasteiger charge is 2.53. The molecule has 0 saturated heterocycles. The summed E-state index contributed by atoms with van der Waals surface area (Å²) in [7, 11) is -5.20. The molecule has 0 radical (unpaired) electrons. The molecule has 104 valence electrons. The molecule has 0 bridgehead atoms. The number of halogens is 4. The third kappa shape index (κ3) is 2.32. The SMILES string of the molecule is Cc1nc2cc(S(=O)(=O)C(F)(F)C(F)Cl)ccc2s1. The number of thiazole rings is 1. The molecule has 0 aliphatic rings. The zero-order valence-electron chi connectivity index (χ0n) is 9.40. The number of benzene rings is 1. The molecule has 2 rings (SSSR count). The van der Waals surface area contributed by atoms with Crippen LogP contribution in [0.15, 0.2) is 23.1 Å². The molecule has 0 amide bonds. The van der Waals surface area contributed by atoms with Crippen molar-refractivity contribution in [3.63, 3.8) is 0 Å². The van der Waals surface area contributed by atoms with Crippen LogP contribution < -0.4 is 0 Å². The number of hydrogen-bond donors (Lipinski definition) is 0. The number of nitrogens with zero attached hydrogens (tertiary/aromatic N) is 1. The van der Waals surface area contributed by atoms with E-state index in [1.807, 2.05) is 0 Å². The number of sulfone groups is 1. The highest BCUT2D eigenvalue weighted by molar-refractivity contribution is 7.92. The molecule has 1 atom stereocenters. The molecule has 0 fully saturated rings. The minimum absolute atomic E-state index is 0.268. The van der Waals surface area contributed by atoms with Gasteiger partial charge in [-0.1, -0.05) is 11.6 Å². The van der Waals surface area contributed by atoms with E-state index in [0.717, 1.165) is 12.1 Å². The average molecular weight is 330 g/mol. The first-order chi connectivity index (χ1) is 8.66. The van der Waals surface area contributed by atoms with Crippen molar-refractivity contribution in [1.82, 2.24) is 4.98 Å². The third-order valence-electron chi connectivity index (χ3n) is 2.39. The maximum Gasteiger partial charge on any atom is 0.393 e. The predicted octanol–water partition coefficient (Wildman–Crippen LogP) is 3.51. The fraction of sp³-hybridized carbons (Fsp3) is 0.300. The Balaban J connectivity index is 2.61. The standard InChI is InChI=1S/C10H7ClF3NO2S2/c1-5-15-7-4-6(2-3-8(7)18-5)19(16,17)10(13,14)9(11)12/h2-4,9H,1H3. The average Bonchev–Trinajstić information content (AvgIpc) is 2.67. The molecule has 0 aliphatic carbocycles. The van der Waals surface area contributed by atoms with Gasteiger partial charge >= 0.3 is 5.25 Å². The second-order valence-electron chi connectivity index (χ2n) is 3.73. The number of aromatic nitrogens is 1. The van der Waals surface area contributed by atoms with Gasteiger partial charge in [0.25, 0.3) is 5.63 Å². The van der Waals surface area contributed by atoms with Crippen molar-refractivity contribution >= 4 is 43.0 Å². The van der Waals surface area contributed by atoms with E-state index < -0.39 is 25.6 Å². The normalized spacial score (nSPS) is 14.8. The second kappa shape index (κ2) is 4.60. The summed E-state index contributed by atoms with van der Waals surface area (Å²) < 4.78 is 63.2. The van der Waals surface area contributed by atoms with Crippen LogP contribution >= 0.6 is 22.9 Å². The molecule has 1 aromatic heterocycles. The zero-order valence-corrected chi connectivity index (χ0v) is 11.8. The van der Waals surface area contributed by atoms with Crippen molar-refractivity contribution in [1.29, 1.82) is 0 Å². The molecule has 0 spiro atoms. The molecular weight excluding hydrogens is 323 g/mol. The molecule has 1 aromatic carbocycles. The number of hydrogen-bond acceptors (Lipinski definition) is 4. The van der Waals surface area contributed by atoms with Gasteiger partial charge in [-0.3, -0.25) is 0 Å². The summed E-state index contributed by atoms with van der Waals surface area (Å²) in [5, 5.41) is -4.02. The molecular formula is C10H7ClF3NO2S2. The van der Waals surface area contributed by atoms with Crippen molar-refractivity contribution in [2.24, 2.45) is 0 Å². The number of fused-ring (bicyclic) bond motifs is 1. The summed E-state index contributed by atoms with van der Waals surface area (Å²) >= 11 is 5.91. The van der Waals surface area contributed by atoms with Crippen LogP contribution in [0.2, 0.25) is 0 Å². The number of rotatable bonds is 3. The Morgan fingerprint density at radius 3 is 2.63 bits per heavy atom. The largest absolute Gasteiger partial charge is 0.393 e. The van der Waals surface area contributed by atoms with E-state index in [1.165, 1.54) is 17.4 Å². The van der Waals surface area contributed by atoms with Crippen LogP contribution in [0.1, 0.15) is 5.01 Å². The van der Waals surface area contributed by atoms with Gasteiger partial charge in [0.15, 0.2) is 0 Å². The smallest absolute Gasteiger partial charge is 0.241 e. The fourth-order valence-corrected chi connectivity index (χ4v) is 3.69. The summed E-state index contributed by atoms with van der Waals surface area (Å²) in [6, 6.07) is 3.33. The molecule has 19 heavy (non-hydrogen) atoms. The van der Waals surface area contributed by atoms with Crippen LogP contribution in [0, 0.1) is 6.92 Å². The van der Waals surface area contributed by atoms with E-state index in [0.29, 0.717) is 9.71 Å². The molecule has 2 aromatic rings. The van der Waals surface area contributed by atoms with Crippen LogP contribution in [0.4, 0.5) is 13.2 Å². The Morgan fingerprint density at radius 2 is 2.05 bits per heavy atom. The van der Waals surface area contributed by atoms with Gasteiger partial charge in [0.1, 0.15) is 0 Å². The van der Waals surface area contributed by atoms with E-state index >= 15 is 0 Å². The first-order valence-electron chi connectivity index (χ1n) is 4.94. The highest BCUT2D eigenvalue weighted by atomic mass is 35.5. The van der Waals surface area contributed by atoms with E-state index in [1.54, 1.807) is 6.92 Å². The van der Waals surface area contributed by atoms with Crippen molar-refractivity contribution < 1.29 is 21.6 Å². The van der Waals surface area contributed by atoms with E-state index in [2.05, 4.69) is 16.6 Å². The lowest BCUT2D eigenvalue weighted by molar-refractivity contribution is 0.0423. The van der Waals surface area contributed by atoms with Crippen LogP contribution in [0.3, 0.4) is 0 Å². The maximum atomic E-state index is 13.3. The van der Waals surface area contributed by atoms with Gasteiger partial charge < -0.3 is 0 Å². The first-order valence-corrected chi connectivity index (χ1v) is 7.67. The van der Waals surface area contributed by atoms with Gasteiger partial charge in [-0.25, -0.2) is 17.8 Å². The quantitative estimate of drug-likeness (QED) is 0.810. The molecule has 1 heterocycles. The van der Waals surface area contributed by atoms with Crippen LogP contribution in [0.5, 0.6) is 0 Å². The Hall–Kier alpha value is -0.860. The second-order valence-corrected chi connectivity index (χ2v) is 7.37. The molecule has 0 N–H and O–H groups in total. The highest BCUT2D eigenvalue weighted by Crippen LogP contribution is 2.36. The van der Waals surface area contributed by atoms with Crippen molar-refractivity contribution in [2.45, 2.75) is 22.7 Å². The third-order valence-corrected chi connectivity index (χ3v) is 5.54. The summed E-state index contributed by atoms with van der Waals surface area (Å²) in [4.78, 5) is 3.29. The van der Waals surface area contributed by atoms with E-state index in [4.69, 9.17) is 0 Å². The van der Waals surface area contributed by atoms with Crippen LogP contribution in [-0.4, -0.2) is 24.3 Å². The Kier molecular flexibility index (Phi) is 3.53. The van der Waals surface area contributed by atoms with Crippen LogP contribution in [-0.2, 0) is 9.84 Å². The first kappa shape index (κ1) is 14.5. The molecule has 9 heteroatoms. The van der Waals surface area contributed by atoms with E-state index in [9.17, 15) is 21.6 Å². The van der Waals surface area contributed by atoms with Crippen LogP contribution in [0.25, 0.3) is 10.2 Å². The summed E-state index contributed by atoms with van der Waals surface area (Å²) in [6.07, 6.45) is 0.